The molecule has 21 heavy (non-hydrogen) atoms. The smallest absolute Gasteiger partial charge is 0.335 e. The molecule has 0 spiro atoms. The van der Waals surface area contributed by atoms with Crippen LogP contribution in [0.15, 0.2) is 24.3 Å². The fourth-order valence-corrected chi connectivity index (χ4v) is 2.97. The van der Waals surface area contributed by atoms with Gasteiger partial charge in [-0.1, -0.05) is 31.4 Å². The predicted molar refractivity (Wildman–Crippen MR) is 88.2 cm³/mol. The van der Waals surface area contributed by atoms with Crippen LogP contribution in [0.5, 0.6) is 0 Å². The Morgan fingerprint density at radius 1 is 1.33 bits per heavy atom. The fraction of sp³-hybridized carbons (Fsp3) is 0.722. The van der Waals surface area contributed by atoms with E-state index in [0.29, 0.717) is 12.5 Å². The van der Waals surface area contributed by atoms with E-state index in [-0.39, 0.29) is 12.0 Å². The van der Waals surface area contributed by atoms with E-state index in [4.69, 9.17) is 4.74 Å². The number of ether oxygens (including phenoxy) is 1. The minimum Gasteiger partial charge on any atom is -0.457 e. The Kier molecular flexibility index (Phi) is 7.16. The third kappa shape index (κ3) is 6.04. The summed E-state index contributed by atoms with van der Waals surface area (Å²) < 4.78 is 5.57. The summed E-state index contributed by atoms with van der Waals surface area (Å²) in [7, 11) is 0. The van der Waals surface area contributed by atoms with E-state index >= 15 is 0 Å². The van der Waals surface area contributed by atoms with Crippen molar-refractivity contribution in [3.05, 3.63) is 24.3 Å². The molecule has 1 aliphatic carbocycles. The average molecular weight is 293 g/mol. The van der Waals surface area contributed by atoms with Gasteiger partial charge in [-0.15, -0.1) is 6.58 Å². The van der Waals surface area contributed by atoms with Gasteiger partial charge in [0.1, 0.15) is 5.60 Å². The van der Waals surface area contributed by atoms with E-state index in [1.807, 2.05) is 39.8 Å². The summed E-state index contributed by atoms with van der Waals surface area (Å²) >= 11 is 0. The number of allylic oxidation sites excluding steroid dienone is 1. The highest BCUT2D eigenvalue weighted by molar-refractivity contribution is 5.90. The SMILES string of the molecule is C=CCNC(/C(=C/C)C(=O)OC(C)(C)C)C1CCCCC1. The van der Waals surface area contributed by atoms with Crippen molar-refractivity contribution >= 4 is 5.97 Å². The number of carbonyl (C=O) groups excluding carboxylic acids is 1. The summed E-state index contributed by atoms with van der Waals surface area (Å²) in [4.78, 5) is 12.5. The largest absolute Gasteiger partial charge is 0.457 e. The van der Waals surface area contributed by atoms with Crippen molar-refractivity contribution in [1.29, 1.82) is 0 Å². The lowest BCUT2D eigenvalue weighted by Crippen LogP contribution is -2.42. The molecule has 0 saturated heterocycles. The van der Waals surface area contributed by atoms with Crippen molar-refractivity contribution in [2.75, 3.05) is 6.54 Å². The van der Waals surface area contributed by atoms with Crippen LogP contribution in [0.25, 0.3) is 0 Å². The molecular weight excluding hydrogens is 262 g/mol. The second-order valence-corrected chi connectivity index (χ2v) is 6.82. The van der Waals surface area contributed by atoms with Crippen molar-refractivity contribution in [2.24, 2.45) is 5.92 Å². The molecular formula is C18H31NO2. The third-order valence-electron chi connectivity index (χ3n) is 3.88. The number of nitrogens with one attached hydrogen (secondary N) is 1. The fourth-order valence-electron chi connectivity index (χ4n) is 2.97. The van der Waals surface area contributed by atoms with Gasteiger partial charge in [0.15, 0.2) is 0 Å². The Balaban J connectivity index is 2.86. The third-order valence-corrected chi connectivity index (χ3v) is 3.88. The van der Waals surface area contributed by atoms with E-state index < -0.39 is 5.60 Å². The number of rotatable bonds is 6. The van der Waals surface area contributed by atoms with E-state index in [2.05, 4.69) is 11.9 Å². The zero-order valence-corrected chi connectivity index (χ0v) is 14.1. The Bertz CT molecular complexity index is 373. The normalized spacial score (nSPS) is 19.1. The molecule has 1 N–H and O–H groups in total. The maximum atomic E-state index is 12.5. The molecule has 1 unspecified atom stereocenters. The molecule has 1 rings (SSSR count). The van der Waals surface area contributed by atoms with Crippen molar-refractivity contribution in [3.8, 4) is 0 Å². The van der Waals surface area contributed by atoms with Gasteiger partial charge in [-0.2, -0.15) is 0 Å². The molecule has 3 nitrogen and oxygen atoms in total. The first-order valence-electron chi connectivity index (χ1n) is 8.13. The van der Waals surface area contributed by atoms with E-state index in [1.54, 1.807) is 0 Å². The number of esters is 1. The van der Waals surface area contributed by atoms with Gasteiger partial charge in [0.05, 0.1) is 5.57 Å². The second kappa shape index (κ2) is 8.38. The van der Waals surface area contributed by atoms with Gasteiger partial charge in [0.25, 0.3) is 0 Å². The molecule has 0 aliphatic heterocycles. The van der Waals surface area contributed by atoms with Crippen LogP contribution in [0, 0.1) is 5.92 Å². The van der Waals surface area contributed by atoms with Crippen LogP contribution in [0.1, 0.15) is 59.8 Å². The van der Waals surface area contributed by atoms with Crippen molar-refractivity contribution < 1.29 is 9.53 Å². The maximum Gasteiger partial charge on any atom is 0.335 e. The minimum absolute atomic E-state index is 0.0724. The highest BCUT2D eigenvalue weighted by atomic mass is 16.6. The van der Waals surface area contributed by atoms with Gasteiger partial charge in [-0.3, -0.25) is 0 Å². The molecule has 3 heteroatoms. The minimum atomic E-state index is -0.457. The summed E-state index contributed by atoms with van der Waals surface area (Å²) in [5.74, 6) is 0.314. The summed E-state index contributed by atoms with van der Waals surface area (Å²) in [6.07, 6.45) is 9.91. The lowest BCUT2D eigenvalue weighted by molar-refractivity contribution is -0.150. The highest BCUT2D eigenvalue weighted by Gasteiger charge is 2.31. The van der Waals surface area contributed by atoms with Crippen LogP contribution >= 0.6 is 0 Å². The number of hydrogen-bond acceptors (Lipinski definition) is 3. The summed E-state index contributed by atoms with van der Waals surface area (Å²) in [6, 6.07) is 0.0724. The van der Waals surface area contributed by atoms with Gasteiger partial charge in [0.2, 0.25) is 0 Å². The van der Waals surface area contributed by atoms with E-state index in [0.717, 1.165) is 5.57 Å². The molecule has 0 amide bonds. The molecule has 0 aromatic carbocycles. The number of hydrogen-bond donors (Lipinski definition) is 1. The predicted octanol–water partition coefficient (Wildman–Crippen LogP) is 4.00. The Hall–Kier alpha value is -1.09. The highest BCUT2D eigenvalue weighted by Crippen LogP contribution is 2.30. The molecule has 1 fully saturated rings. The maximum absolute atomic E-state index is 12.5. The number of carbonyl (C=O) groups is 1. The molecule has 1 atom stereocenters. The van der Waals surface area contributed by atoms with Crippen LogP contribution in [0.4, 0.5) is 0 Å². The molecule has 0 aromatic heterocycles. The summed E-state index contributed by atoms with van der Waals surface area (Å²) in [5, 5.41) is 3.47. The van der Waals surface area contributed by atoms with E-state index in [1.165, 1.54) is 32.1 Å². The van der Waals surface area contributed by atoms with Gasteiger partial charge < -0.3 is 10.1 Å². The van der Waals surface area contributed by atoms with Crippen molar-refractivity contribution in [1.82, 2.24) is 5.32 Å². The second-order valence-electron chi connectivity index (χ2n) is 6.82. The van der Waals surface area contributed by atoms with Crippen LogP contribution in [0.3, 0.4) is 0 Å². The van der Waals surface area contributed by atoms with Crippen LogP contribution in [0.2, 0.25) is 0 Å². The molecule has 0 bridgehead atoms. The van der Waals surface area contributed by atoms with Gasteiger partial charge in [-0.05, 0) is 46.5 Å². The monoisotopic (exact) mass is 293 g/mol. The van der Waals surface area contributed by atoms with Crippen LogP contribution < -0.4 is 5.32 Å². The Labute approximate surface area is 129 Å². The zero-order chi connectivity index (χ0) is 15.9. The van der Waals surface area contributed by atoms with Crippen LogP contribution in [-0.4, -0.2) is 24.2 Å². The van der Waals surface area contributed by atoms with Crippen LogP contribution in [-0.2, 0) is 9.53 Å². The lowest BCUT2D eigenvalue weighted by Gasteiger charge is -2.33. The first-order chi connectivity index (χ1) is 9.89. The molecule has 0 radical (unpaired) electrons. The van der Waals surface area contributed by atoms with Gasteiger partial charge >= 0.3 is 5.97 Å². The molecule has 0 aromatic rings. The average Bonchev–Trinajstić information content (AvgIpc) is 2.42. The quantitative estimate of drug-likeness (QED) is 0.457. The molecule has 120 valence electrons. The van der Waals surface area contributed by atoms with Gasteiger partial charge in [-0.25, -0.2) is 4.79 Å². The topological polar surface area (TPSA) is 38.3 Å². The summed E-state index contributed by atoms with van der Waals surface area (Å²) in [5.41, 5.74) is 0.305. The van der Waals surface area contributed by atoms with Gasteiger partial charge in [0, 0.05) is 12.6 Å². The standard InChI is InChI=1S/C18H31NO2/c1-6-13-19-16(14-11-9-8-10-12-14)15(7-2)17(20)21-18(3,4)5/h6-7,14,16,19H,1,8-13H2,2-5H3/b15-7-. The van der Waals surface area contributed by atoms with Crippen molar-refractivity contribution in [3.63, 3.8) is 0 Å². The first-order valence-corrected chi connectivity index (χ1v) is 8.13. The Morgan fingerprint density at radius 3 is 2.43 bits per heavy atom. The first kappa shape index (κ1) is 18.0. The zero-order valence-electron chi connectivity index (χ0n) is 14.1. The molecule has 1 aliphatic rings. The summed E-state index contributed by atoms with van der Waals surface area (Å²) in [6.45, 7) is 12.1. The Morgan fingerprint density at radius 2 is 1.95 bits per heavy atom. The van der Waals surface area contributed by atoms with Crippen molar-refractivity contribution in [2.45, 2.75) is 71.4 Å². The lowest BCUT2D eigenvalue weighted by atomic mass is 9.80. The molecule has 0 heterocycles. The van der Waals surface area contributed by atoms with E-state index in [9.17, 15) is 4.79 Å². The molecule has 1 saturated carbocycles.